The van der Waals surface area contributed by atoms with Gasteiger partial charge in [0.25, 0.3) is 5.69 Å². The molecule has 0 atom stereocenters. The first-order valence-corrected chi connectivity index (χ1v) is 10.5. The summed E-state index contributed by atoms with van der Waals surface area (Å²) < 4.78 is 0. The van der Waals surface area contributed by atoms with Gasteiger partial charge < -0.3 is 14.8 Å². The van der Waals surface area contributed by atoms with E-state index in [2.05, 4.69) is 16.3 Å². The maximum Gasteiger partial charge on any atom is 0.289 e. The summed E-state index contributed by atoms with van der Waals surface area (Å²) in [4.78, 5) is 23.8. The van der Waals surface area contributed by atoms with Gasteiger partial charge in [-0.2, -0.15) is 15.6 Å². The van der Waals surface area contributed by atoms with Crippen LogP contribution in [0.4, 0.5) is 22.7 Å². The molecule has 0 fully saturated rings. The largest absolute Gasteiger partial charge is 0.545 e. The molecule has 174 valence electrons. The zero-order chi connectivity index (χ0) is 25.2. The SMILES string of the molecule is N#CCCN(CCc1ccccc1C(=O)[O-])c1ccc(N=Nc2cccc([N+](=O)[O-])c2C#N)cc1. The Morgan fingerprint density at radius 1 is 0.971 bits per heavy atom. The van der Waals surface area contributed by atoms with E-state index in [4.69, 9.17) is 5.26 Å². The summed E-state index contributed by atoms with van der Waals surface area (Å²) in [7, 11) is 0. The summed E-state index contributed by atoms with van der Waals surface area (Å²) >= 11 is 0. The summed E-state index contributed by atoms with van der Waals surface area (Å²) in [5.41, 5.74) is 1.63. The van der Waals surface area contributed by atoms with Crippen LogP contribution in [0.2, 0.25) is 0 Å². The van der Waals surface area contributed by atoms with E-state index < -0.39 is 10.9 Å². The molecule has 0 heterocycles. The Bertz CT molecular complexity index is 1340. The van der Waals surface area contributed by atoms with Crippen molar-refractivity contribution in [1.82, 2.24) is 0 Å². The van der Waals surface area contributed by atoms with E-state index >= 15 is 0 Å². The van der Waals surface area contributed by atoms with Crippen LogP contribution in [0.5, 0.6) is 0 Å². The fraction of sp³-hybridized carbons (Fsp3) is 0.160. The van der Waals surface area contributed by atoms with Crippen molar-refractivity contribution >= 4 is 28.7 Å². The monoisotopic (exact) mass is 467 g/mol. The molecule has 3 rings (SSSR count). The van der Waals surface area contributed by atoms with Crippen LogP contribution in [-0.4, -0.2) is 24.0 Å². The number of nitro benzene ring substituents is 1. The minimum atomic E-state index is -1.23. The number of nitro groups is 1. The van der Waals surface area contributed by atoms with Crippen LogP contribution in [0.25, 0.3) is 0 Å². The Kier molecular flexibility index (Phi) is 8.19. The number of carboxylic acids is 1. The van der Waals surface area contributed by atoms with Crippen LogP contribution in [0, 0.1) is 32.8 Å². The third kappa shape index (κ3) is 6.24. The van der Waals surface area contributed by atoms with Gasteiger partial charge in [0.05, 0.1) is 29.1 Å². The molecule has 35 heavy (non-hydrogen) atoms. The maximum atomic E-state index is 11.4. The van der Waals surface area contributed by atoms with Gasteiger partial charge in [-0.05, 0) is 42.3 Å². The number of rotatable bonds is 10. The standard InChI is InChI=1S/C25H20N6O4/c26-14-4-15-30(16-13-18-5-1-2-6-21(18)25(32)33)20-11-9-19(10-12-20)28-29-23-7-3-8-24(31(34)35)22(23)17-27/h1-3,5-12H,4,13,15-16H2,(H,32,33)/p-1. The number of anilines is 1. The second kappa shape index (κ2) is 11.7. The Hall–Kier alpha value is -5.09. The van der Waals surface area contributed by atoms with E-state index in [1.165, 1.54) is 24.3 Å². The number of nitriles is 2. The molecular weight excluding hydrogens is 448 g/mol. The molecule has 0 radical (unpaired) electrons. The lowest BCUT2D eigenvalue weighted by Gasteiger charge is -2.24. The molecule has 3 aromatic rings. The van der Waals surface area contributed by atoms with E-state index in [-0.39, 0.29) is 28.9 Å². The number of hydrogen-bond acceptors (Lipinski definition) is 9. The number of carbonyl (C=O) groups is 1. The predicted molar refractivity (Wildman–Crippen MR) is 125 cm³/mol. The number of carbonyl (C=O) groups excluding carboxylic acids is 1. The van der Waals surface area contributed by atoms with Gasteiger partial charge in [-0.25, -0.2) is 0 Å². The third-order valence-electron chi connectivity index (χ3n) is 5.20. The Labute approximate surface area is 201 Å². The second-order valence-electron chi connectivity index (χ2n) is 7.35. The van der Waals surface area contributed by atoms with E-state index in [9.17, 15) is 25.3 Å². The molecule has 0 spiro atoms. The highest BCUT2D eigenvalue weighted by Crippen LogP contribution is 2.29. The average molecular weight is 467 g/mol. The number of aromatic carboxylic acids is 1. The van der Waals surface area contributed by atoms with Crippen molar-refractivity contribution in [3.05, 3.63) is 93.5 Å². The van der Waals surface area contributed by atoms with Crippen LogP contribution in [0.1, 0.15) is 27.9 Å². The summed E-state index contributed by atoms with van der Waals surface area (Å²) in [6.07, 6.45) is 0.730. The highest BCUT2D eigenvalue weighted by Gasteiger charge is 2.17. The second-order valence-corrected chi connectivity index (χ2v) is 7.35. The highest BCUT2D eigenvalue weighted by molar-refractivity contribution is 5.87. The van der Waals surface area contributed by atoms with Crippen LogP contribution in [-0.2, 0) is 6.42 Å². The van der Waals surface area contributed by atoms with Crippen LogP contribution in [0.15, 0.2) is 77.0 Å². The van der Waals surface area contributed by atoms with E-state index in [1.54, 1.807) is 48.5 Å². The lowest BCUT2D eigenvalue weighted by Crippen LogP contribution is -2.28. The first-order valence-electron chi connectivity index (χ1n) is 10.5. The zero-order valence-electron chi connectivity index (χ0n) is 18.5. The number of azo groups is 1. The van der Waals surface area contributed by atoms with Gasteiger partial charge in [0, 0.05) is 30.4 Å². The van der Waals surface area contributed by atoms with E-state index in [0.717, 1.165) is 5.69 Å². The first kappa shape index (κ1) is 24.6. The number of carboxylic acid groups (broad SMARTS) is 1. The van der Waals surface area contributed by atoms with Crippen molar-refractivity contribution < 1.29 is 14.8 Å². The minimum Gasteiger partial charge on any atom is -0.545 e. The van der Waals surface area contributed by atoms with Gasteiger partial charge in [-0.15, -0.1) is 5.11 Å². The van der Waals surface area contributed by atoms with Crippen molar-refractivity contribution in [2.45, 2.75) is 12.8 Å². The maximum absolute atomic E-state index is 11.4. The molecule has 0 unspecified atom stereocenters. The zero-order valence-corrected chi connectivity index (χ0v) is 18.5. The molecule has 0 aromatic heterocycles. The lowest BCUT2D eigenvalue weighted by atomic mass is 10.0. The van der Waals surface area contributed by atoms with Crippen molar-refractivity contribution in [1.29, 1.82) is 10.5 Å². The average Bonchev–Trinajstić information content (AvgIpc) is 2.87. The van der Waals surface area contributed by atoms with Gasteiger partial charge >= 0.3 is 0 Å². The van der Waals surface area contributed by atoms with Gasteiger partial charge in [-0.3, -0.25) is 10.1 Å². The van der Waals surface area contributed by atoms with Crippen LogP contribution >= 0.6 is 0 Å². The predicted octanol–water partition coefficient (Wildman–Crippen LogP) is 4.21. The summed E-state index contributed by atoms with van der Waals surface area (Å²) in [5.74, 6) is -1.23. The van der Waals surface area contributed by atoms with Crippen molar-refractivity contribution in [3.63, 3.8) is 0 Å². The Morgan fingerprint density at radius 2 is 1.71 bits per heavy atom. The number of benzene rings is 3. The first-order chi connectivity index (χ1) is 16.9. The van der Waals surface area contributed by atoms with Crippen LogP contribution in [0.3, 0.4) is 0 Å². The fourth-order valence-corrected chi connectivity index (χ4v) is 3.47. The van der Waals surface area contributed by atoms with Gasteiger partial charge in [0.15, 0.2) is 5.56 Å². The Morgan fingerprint density at radius 3 is 2.37 bits per heavy atom. The molecule has 0 bridgehead atoms. The molecule has 0 aliphatic carbocycles. The molecule has 10 heteroatoms. The quantitative estimate of drug-likeness (QED) is 0.245. The molecule has 0 N–H and O–H groups in total. The van der Waals surface area contributed by atoms with Gasteiger partial charge in [0.2, 0.25) is 0 Å². The topological polar surface area (TPSA) is 159 Å². The molecule has 0 aliphatic heterocycles. The van der Waals surface area contributed by atoms with E-state index in [1.807, 2.05) is 4.90 Å². The summed E-state index contributed by atoms with van der Waals surface area (Å²) in [6.45, 7) is 0.927. The smallest absolute Gasteiger partial charge is 0.289 e. The number of nitrogens with zero attached hydrogens (tertiary/aromatic N) is 6. The van der Waals surface area contributed by atoms with Crippen LogP contribution < -0.4 is 10.0 Å². The van der Waals surface area contributed by atoms with Crippen molar-refractivity contribution in [2.75, 3.05) is 18.0 Å². The van der Waals surface area contributed by atoms with Crippen molar-refractivity contribution in [2.24, 2.45) is 10.2 Å². The molecule has 3 aromatic carbocycles. The molecule has 0 amide bonds. The fourth-order valence-electron chi connectivity index (χ4n) is 3.47. The highest BCUT2D eigenvalue weighted by atomic mass is 16.6. The molecule has 0 aliphatic rings. The normalized spacial score (nSPS) is 10.5. The Balaban J connectivity index is 1.78. The minimum absolute atomic E-state index is 0.0907. The number of hydrogen-bond donors (Lipinski definition) is 0. The molecule has 0 saturated carbocycles. The molecular formula is C25H19N6O4-. The van der Waals surface area contributed by atoms with Gasteiger partial charge in [-0.1, -0.05) is 30.3 Å². The lowest BCUT2D eigenvalue weighted by molar-refractivity contribution is -0.385. The summed E-state index contributed by atoms with van der Waals surface area (Å²) in [6, 6.07) is 21.6. The molecule has 10 nitrogen and oxygen atoms in total. The summed E-state index contributed by atoms with van der Waals surface area (Å²) in [5, 5.41) is 48.8. The van der Waals surface area contributed by atoms with Gasteiger partial charge in [0.1, 0.15) is 11.8 Å². The molecule has 0 saturated heterocycles. The van der Waals surface area contributed by atoms with E-state index in [0.29, 0.717) is 30.8 Å². The third-order valence-corrected chi connectivity index (χ3v) is 5.20. The van der Waals surface area contributed by atoms with Crippen molar-refractivity contribution in [3.8, 4) is 12.1 Å².